The zero-order valence-corrected chi connectivity index (χ0v) is 10.5. The third kappa shape index (κ3) is 3.05. The highest BCUT2D eigenvalue weighted by atomic mass is 19.1. The molecule has 1 aromatic rings. The second kappa shape index (κ2) is 5.61. The molecule has 2 nitrogen and oxygen atoms in total. The summed E-state index contributed by atoms with van der Waals surface area (Å²) in [4.78, 5) is 0. The first-order valence-electron chi connectivity index (χ1n) is 6.34. The van der Waals surface area contributed by atoms with Crippen molar-refractivity contribution in [2.24, 2.45) is 0 Å². The van der Waals surface area contributed by atoms with Crippen LogP contribution in [0.4, 0.5) is 4.39 Å². The summed E-state index contributed by atoms with van der Waals surface area (Å²) in [6.45, 7) is 5.66. The van der Waals surface area contributed by atoms with Gasteiger partial charge in [0.05, 0.1) is 6.10 Å². The van der Waals surface area contributed by atoms with Crippen LogP contribution in [0.2, 0.25) is 0 Å². The quantitative estimate of drug-likeness (QED) is 0.850. The minimum absolute atomic E-state index is 0.132. The number of benzene rings is 1. The number of halogens is 1. The van der Waals surface area contributed by atoms with Gasteiger partial charge in [-0.25, -0.2) is 4.39 Å². The standard InChI is InChI=1S/C14H20FNO/c1-3-17-10(2)9-16-14-7-4-11-8-12(15)5-6-13(11)14/h5-6,8,10,14,16H,3-4,7,9H2,1-2H3. The summed E-state index contributed by atoms with van der Waals surface area (Å²) >= 11 is 0. The second-order valence-electron chi connectivity index (χ2n) is 4.61. The van der Waals surface area contributed by atoms with Gasteiger partial charge in [0.25, 0.3) is 0 Å². The van der Waals surface area contributed by atoms with Crippen molar-refractivity contribution in [3.8, 4) is 0 Å². The smallest absolute Gasteiger partial charge is 0.123 e. The molecule has 3 heteroatoms. The summed E-state index contributed by atoms with van der Waals surface area (Å²) in [5.74, 6) is -0.132. The highest BCUT2D eigenvalue weighted by Crippen LogP contribution is 2.31. The molecule has 2 atom stereocenters. The molecule has 0 amide bonds. The number of hydrogen-bond donors (Lipinski definition) is 1. The molecule has 0 heterocycles. The van der Waals surface area contributed by atoms with E-state index >= 15 is 0 Å². The lowest BCUT2D eigenvalue weighted by Gasteiger charge is -2.18. The van der Waals surface area contributed by atoms with E-state index in [2.05, 4.69) is 12.2 Å². The molecule has 2 rings (SSSR count). The molecule has 17 heavy (non-hydrogen) atoms. The van der Waals surface area contributed by atoms with Crippen LogP contribution in [0.25, 0.3) is 0 Å². The molecular formula is C14H20FNO. The summed E-state index contributed by atoms with van der Waals surface area (Å²) in [6, 6.07) is 5.46. The van der Waals surface area contributed by atoms with Crippen LogP contribution in [-0.2, 0) is 11.2 Å². The van der Waals surface area contributed by atoms with Gasteiger partial charge >= 0.3 is 0 Å². The molecule has 0 aliphatic heterocycles. The van der Waals surface area contributed by atoms with E-state index in [9.17, 15) is 4.39 Å². The van der Waals surface area contributed by atoms with E-state index in [1.807, 2.05) is 13.0 Å². The molecule has 1 aliphatic carbocycles. The van der Waals surface area contributed by atoms with Crippen LogP contribution in [-0.4, -0.2) is 19.3 Å². The zero-order valence-electron chi connectivity index (χ0n) is 10.5. The van der Waals surface area contributed by atoms with Crippen LogP contribution >= 0.6 is 0 Å². The zero-order chi connectivity index (χ0) is 12.3. The molecule has 0 aromatic heterocycles. The average molecular weight is 237 g/mol. The van der Waals surface area contributed by atoms with Crippen molar-refractivity contribution in [2.75, 3.05) is 13.2 Å². The Hall–Kier alpha value is -0.930. The van der Waals surface area contributed by atoms with Gasteiger partial charge in [-0.15, -0.1) is 0 Å². The van der Waals surface area contributed by atoms with E-state index in [1.165, 1.54) is 5.56 Å². The predicted octanol–water partition coefficient (Wildman–Crippen LogP) is 2.83. The maximum absolute atomic E-state index is 13.1. The van der Waals surface area contributed by atoms with Crippen LogP contribution in [0.5, 0.6) is 0 Å². The summed E-state index contributed by atoms with van der Waals surface area (Å²) < 4.78 is 18.5. The molecule has 0 spiro atoms. The lowest BCUT2D eigenvalue weighted by Crippen LogP contribution is -2.29. The predicted molar refractivity (Wildman–Crippen MR) is 66.6 cm³/mol. The Kier molecular flexibility index (Phi) is 4.13. The Morgan fingerprint density at radius 1 is 1.53 bits per heavy atom. The topological polar surface area (TPSA) is 21.3 Å². The lowest BCUT2D eigenvalue weighted by atomic mass is 10.1. The number of rotatable bonds is 5. The van der Waals surface area contributed by atoms with Gasteiger partial charge in [0.2, 0.25) is 0 Å². The van der Waals surface area contributed by atoms with Crippen LogP contribution in [0.15, 0.2) is 18.2 Å². The number of nitrogens with one attached hydrogen (secondary N) is 1. The summed E-state index contributed by atoms with van der Waals surface area (Å²) in [6.07, 6.45) is 2.25. The third-order valence-electron chi connectivity index (χ3n) is 3.29. The number of hydrogen-bond acceptors (Lipinski definition) is 2. The fourth-order valence-electron chi connectivity index (χ4n) is 2.45. The molecule has 2 unspecified atom stereocenters. The Labute approximate surface area is 102 Å². The Morgan fingerprint density at radius 2 is 2.35 bits per heavy atom. The van der Waals surface area contributed by atoms with Crippen molar-refractivity contribution < 1.29 is 9.13 Å². The first kappa shape index (κ1) is 12.5. The Balaban J connectivity index is 1.93. The van der Waals surface area contributed by atoms with Gasteiger partial charge in [-0.1, -0.05) is 6.07 Å². The van der Waals surface area contributed by atoms with Crippen molar-refractivity contribution >= 4 is 0 Å². The molecule has 94 valence electrons. The van der Waals surface area contributed by atoms with Gasteiger partial charge in [-0.2, -0.15) is 0 Å². The van der Waals surface area contributed by atoms with Crippen molar-refractivity contribution in [3.05, 3.63) is 35.1 Å². The minimum Gasteiger partial charge on any atom is -0.377 e. The van der Waals surface area contributed by atoms with Crippen LogP contribution in [0.1, 0.15) is 37.4 Å². The van der Waals surface area contributed by atoms with E-state index < -0.39 is 0 Å². The normalized spacial score (nSPS) is 20.3. The summed E-state index contributed by atoms with van der Waals surface area (Å²) in [5, 5.41) is 3.49. The van der Waals surface area contributed by atoms with Crippen LogP contribution in [0.3, 0.4) is 0 Å². The Morgan fingerprint density at radius 3 is 3.12 bits per heavy atom. The van der Waals surface area contributed by atoms with Gasteiger partial charge in [0.15, 0.2) is 0 Å². The van der Waals surface area contributed by atoms with Crippen molar-refractivity contribution in [2.45, 2.75) is 38.8 Å². The van der Waals surface area contributed by atoms with Crippen molar-refractivity contribution in [1.29, 1.82) is 0 Å². The Bertz CT molecular complexity index is 380. The fourth-order valence-corrected chi connectivity index (χ4v) is 2.45. The fraction of sp³-hybridized carbons (Fsp3) is 0.571. The number of ether oxygens (including phenoxy) is 1. The van der Waals surface area contributed by atoms with E-state index in [4.69, 9.17) is 4.74 Å². The van der Waals surface area contributed by atoms with Gasteiger partial charge in [0.1, 0.15) is 5.82 Å². The molecule has 0 radical (unpaired) electrons. The molecule has 0 bridgehead atoms. The van der Waals surface area contributed by atoms with Crippen LogP contribution < -0.4 is 5.32 Å². The molecular weight excluding hydrogens is 217 g/mol. The first-order valence-corrected chi connectivity index (χ1v) is 6.34. The van der Waals surface area contributed by atoms with E-state index in [-0.39, 0.29) is 11.9 Å². The van der Waals surface area contributed by atoms with Gasteiger partial charge in [-0.05, 0) is 49.9 Å². The highest BCUT2D eigenvalue weighted by molar-refractivity contribution is 5.34. The second-order valence-corrected chi connectivity index (χ2v) is 4.61. The molecule has 0 fully saturated rings. The lowest BCUT2D eigenvalue weighted by molar-refractivity contribution is 0.0739. The molecule has 1 aromatic carbocycles. The maximum Gasteiger partial charge on any atom is 0.123 e. The van der Waals surface area contributed by atoms with Gasteiger partial charge < -0.3 is 10.1 Å². The summed E-state index contributed by atoms with van der Waals surface area (Å²) in [5.41, 5.74) is 2.39. The average Bonchev–Trinajstić information content (AvgIpc) is 2.69. The minimum atomic E-state index is -0.132. The molecule has 0 saturated carbocycles. The molecule has 1 N–H and O–H groups in total. The SMILES string of the molecule is CCOC(C)CNC1CCc2cc(F)ccc21. The number of fused-ring (bicyclic) bond motifs is 1. The molecule has 0 saturated heterocycles. The van der Waals surface area contributed by atoms with E-state index in [1.54, 1.807) is 12.1 Å². The monoisotopic (exact) mass is 237 g/mol. The van der Waals surface area contributed by atoms with Crippen molar-refractivity contribution in [3.63, 3.8) is 0 Å². The van der Waals surface area contributed by atoms with E-state index in [0.29, 0.717) is 6.04 Å². The van der Waals surface area contributed by atoms with Crippen LogP contribution in [0, 0.1) is 5.82 Å². The number of aryl methyl sites for hydroxylation is 1. The molecule has 1 aliphatic rings. The maximum atomic E-state index is 13.1. The first-order chi connectivity index (χ1) is 8.20. The third-order valence-corrected chi connectivity index (χ3v) is 3.29. The highest BCUT2D eigenvalue weighted by Gasteiger charge is 2.22. The summed E-state index contributed by atoms with van der Waals surface area (Å²) in [7, 11) is 0. The largest absolute Gasteiger partial charge is 0.377 e. The van der Waals surface area contributed by atoms with Gasteiger partial charge in [0, 0.05) is 19.2 Å². The van der Waals surface area contributed by atoms with Gasteiger partial charge in [-0.3, -0.25) is 0 Å². The van der Waals surface area contributed by atoms with Crippen molar-refractivity contribution in [1.82, 2.24) is 5.32 Å². The van der Waals surface area contributed by atoms with E-state index in [0.717, 1.165) is 31.6 Å².